The van der Waals surface area contributed by atoms with Gasteiger partial charge < -0.3 is 10.0 Å². The summed E-state index contributed by atoms with van der Waals surface area (Å²) in [7, 11) is 1.99. The van der Waals surface area contributed by atoms with E-state index in [0.717, 1.165) is 0 Å². The molecule has 0 spiro atoms. The van der Waals surface area contributed by atoms with Crippen molar-refractivity contribution in [3.63, 3.8) is 0 Å². The molecule has 2 aromatic carbocycles. The molecule has 0 saturated carbocycles. The Labute approximate surface area is 145 Å². The highest BCUT2D eigenvalue weighted by atomic mass is 35.5. The van der Waals surface area contributed by atoms with E-state index in [-0.39, 0.29) is 5.56 Å². The molecule has 1 aliphatic rings. The molecule has 1 fully saturated rings. The van der Waals surface area contributed by atoms with Gasteiger partial charge >= 0.3 is 0 Å². The van der Waals surface area contributed by atoms with Crippen LogP contribution in [0.15, 0.2) is 48.5 Å². The molecule has 0 aromatic heterocycles. The van der Waals surface area contributed by atoms with Crippen LogP contribution in [0.25, 0.3) is 0 Å². The summed E-state index contributed by atoms with van der Waals surface area (Å²) in [5, 5.41) is 12.3. The number of rotatable bonds is 4. The minimum Gasteiger partial charge on any atom is -0.380 e. The third-order valence-electron chi connectivity index (χ3n) is 4.93. The fourth-order valence-electron chi connectivity index (χ4n) is 3.82. The van der Waals surface area contributed by atoms with Crippen LogP contribution in [0.1, 0.15) is 30.0 Å². The highest BCUT2D eigenvalue weighted by Crippen LogP contribution is 2.50. The van der Waals surface area contributed by atoms with Gasteiger partial charge in [0.2, 0.25) is 0 Å². The first kappa shape index (κ1) is 17.3. The summed E-state index contributed by atoms with van der Waals surface area (Å²) in [5.74, 6) is 0. The van der Waals surface area contributed by atoms with Crippen molar-refractivity contribution in [3.8, 4) is 0 Å². The average Bonchev–Trinajstić information content (AvgIpc) is 2.52. The van der Waals surface area contributed by atoms with Crippen molar-refractivity contribution < 1.29 is 13.9 Å². The van der Waals surface area contributed by atoms with Gasteiger partial charge in [-0.15, -0.1) is 0 Å². The van der Waals surface area contributed by atoms with Crippen molar-refractivity contribution in [1.29, 1.82) is 0 Å². The van der Waals surface area contributed by atoms with Gasteiger partial charge in [0.15, 0.2) is 0 Å². The van der Waals surface area contributed by atoms with Crippen LogP contribution in [0.3, 0.4) is 0 Å². The molecule has 128 valence electrons. The average molecular weight is 352 g/mol. The molecule has 0 radical (unpaired) electrons. The van der Waals surface area contributed by atoms with Crippen LogP contribution < -0.4 is 0 Å². The molecule has 1 saturated heterocycles. The molecule has 24 heavy (non-hydrogen) atoms. The number of aliphatic hydroxyl groups is 1. The zero-order valence-electron chi connectivity index (χ0n) is 13.6. The fraction of sp³-hybridized carbons (Fsp3) is 0.368. The Morgan fingerprint density at radius 2 is 1.75 bits per heavy atom. The van der Waals surface area contributed by atoms with Crippen LogP contribution >= 0.6 is 11.6 Å². The second-order valence-electron chi connectivity index (χ2n) is 6.88. The summed E-state index contributed by atoms with van der Waals surface area (Å²) >= 11 is 6.12. The summed E-state index contributed by atoms with van der Waals surface area (Å²) in [5.41, 5.74) is -0.507. The summed E-state index contributed by atoms with van der Waals surface area (Å²) in [6, 6.07) is 13.0. The molecule has 0 unspecified atom stereocenters. The van der Waals surface area contributed by atoms with E-state index in [0.29, 0.717) is 29.2 Å². The zero-order chi connectivity index (χ0) is 17.5. The minimum absolute atomic E-state index is 0.0527. The van der Waals surface area contributed by atoms with Gasteiger partial charge in [-0.25, -0.2) is 8.78 Å². The maximum absolute atomic E-state index is 12.8. The van der Waals surface area contributed by atoms with E-state index in [1.54, 1.807) is 30.3 Å². The van der Waals surface area contributed by atoms with Crippen molar-refractivity contribution in [3.05, 3.63) is 70.2 Å². The first-order valence-corrected chi connectivity index (χ1v) is 8.20. The van der Waals surface area contributed by atoms with Gasteiger partial charge in [0.05, 0.1) is 0 Å². The van der Waals surface area contributed by atoms with Gasteiger partial charge in [-0.3, -0.25) is 0 Å². The molecular weight excluding hydrogens is 332 g/mol. The van der Waals surface area contributed by atoms with Crippen LogP contribution in [0, 0.1) is 5.41 Å². The molecule has 3 rings (SSSR count). The van der Waals surface area contributed by atoms with Gasteiger partial charge in [-0.05, 0) is 30.3 Å². The van der Waals surface area contributed by atoms with Crippen LogP contribution in [0.2, 0.25) is 5.02 Å². The van der Waals surface area contributed by atoms with Crippen LogP contribution in [0.5, 0.6) is 0 Å². The van der Waals surface area contributed by atoms with E-state index < -0.39 is 17.4 Å². The van der Waals surface area contributed by atoms with Gasteiger partial charge in [-0.2, -0.15) is 0 Å². The second kappa shape index (κ2) is 6.10. The smallest absolute Gasteiger partial charge is 0.263 e. The summed E-state index contributed by atoms with van der Waals surface area (Å²) in [6.07, 6.45) is -2.52. The maximum Gasteiger partial charge on any atom is 0.263 e. The summed E-state index contributed by atoms with van der Waals surface area (Å²) in [6.45, 7) is 3.41. The molecule has 1 N–H and O–H groups in total. The van der Waals surface area contributed by atoms with Crippen molar-refractivity contribution in [2.45, 2.75) is 19.0 Å². The SMILES string of the molecule is CN1CC(C)([C@@](O)(c2ccc(C(F)F)cc2)c2cccc(Cl)c2)C1. The molecule has 0 bridgehead atoms. The highest BCUT2D eigenvalue weighted by molar-refractivity contribution is 6.30. The van der Waals surface area contributed by atoms with Crippen LogP contribution in [0.4, 0.5) is 8.78 Å². The van der Waals surface area contributed by atoms with E-state index in [2.05, 4.69) is 4.90 Å². The van der Waals surface area contributed by atoms with E-state index in [1.807, 2.05) is 20.0 Å². The predicted octanol–water partition coefficient (Wildman–Crippen LogP) is 4.47. The van der Waals surface area contributed by atoms with Crippen LogP contribution in [-0.4, -0.2) is 30.1 Å². The normalized spacial score (nSPS) is 19.8. The van der Waals surface area contributed by atoms with Gasteiger partial charge in [-0.1, -0.05) is 54.9 Å². The van der Waals surface area contributed by atoms with E-state index in [1.165, 1.54) is 12.1 Å². The third kappa shape index (κ3) is 2.73. The van der Waals surface area contributed by atoms with Gasteiger partial charge in [0, 0.05) is 29.1 Å². The number of halogens is 3. The number of benzene rings is 2. The lowest BCUT2D eigenvalue weighted by molar-refractivity contribution is -0.127. The fourth-order valence-corrected chi connectivity index (χ4v) is 4.01. The van der Waals surface area contributed by atoms with Gasteiger partial charge in [0.1, 0.15) is 5.60 Å². The highest BCUT2D eigenvalue weighted by Gasteiger charge is 2.55. The minimum atomic E-state index is -2.52. The number of nitrogens with zero attached hydrogens (tertiary/aromatic N) is 1. The molecule has 1 heterocycles. The lowest BCUT2D eigenvalue weighted by Crippen LogP contribution is -2.63. The van der Waals surface area contributed by atoms with E-state index >= 15 is 0 Å². The Kier molecular flexibility index (Phi) is 4.41. The molecule has 2 nitrogen and oxygen atoms in total. The first-order valence-electron chi connectivity index (χ1n) is 7.82. The molecular formula is C19H20ClF2NO. The quantitative estimate of drug-likeness (QED) is 0.878. The second-order valence-corrected chi connectivity index (χ2v) is 7.31. The van der Waals surface area contributed by atoms with Crippen molar-refractivity contribution in [2.75, 3.05) is 20.1 Å². The number of hydrogen-bond acceptors (Lipinski definition) is 2. The first-order chi connectivity index (χ1) is 11.3. The molecule has 1 aliphatic heterocycles. The number of likely N-dealkylation sites (tertiary alicyclic amines) is 1. The Balaban J connectivity index is 2.12. The lowest BCUT2D eigenvalue weighted by Gasteiger charge is -2.56. The molecule has 1 atom stereocenters. The standard InChI is InChI=1S/C19H20ClF2NO/c1-18(11-23(2)12-18)19(24,15-4-3-5-16(20)10-15)14-8-6-13(7-9-14)17(21)22/h3-10,17,24H,11-12H2,1-2H3/t19-/m1/s1. The Morgan fingerprint density at radius 3 is 2.25 bits per heavy atom. The molecule has 0 amide bonds. The largest absolute Gasteiger partial charge is 0.380 e. The predicted molar refractivity (Wildman–Crippen MR) is 91.5 cm³/mol. The van der Waals surface area contributed by atoms with E-state index in [9.17, 15) is 13.9 Å². The monoisotopic (exact) mass is 351 g/mol. The Morgan fingerprint density at radius 1 is 1.12 bits per heavy atom. The molecule has 2 aromatic rings. The van der Waals surface area contributed by atoms with E-state index in [4.69, 9.17) is 11.6 Å². The summed E-state index contributed by atoms with van der Waals surface area (Å²) < 4.78 is 25.7. The molecule has 5 heteroatoms. The topological polar surface area (TPSA) is 23.5 Å². The lowest BCUT2D eigenvalue weighted by atomic mass is 9.62. The van der Waals surface area contributed by atoms with Crippen LogP contribution in [-0.2, 0) is 5.60 Å². The third-order valence-corrected chi connectivity index (χ3v) is 5.17. The zero-order valence-corrected chi connectivity index (χ0v) is 14.4. The number of hydrogen-bond donors (Lipinski definition) is 1. The number of alkyl halides is 2. The van der Waals surface area contributed by atoms with Crippen molar-refractivity contribution in [1.82, 2.24) is 4.90 Å². The summed E-state index contributed by atoms with van der Waals surface area (Å²) in [4.78, 5) is 2.11. The van der Waals surface area contributed by atoms with Crippen molar-refractivity contribution in [2.24, 2.45) is 5.41 Å². The molecule has 0 aliphatic carbocycles. The van der Waals surface area contributed by atoms with Gasteiger partial charge in [0.25, 0.3) is 6.43 Å². The Hall–Kier alpha value is -1.49. The van der Waals surface area contributed by atoms with Crippen molar-refractivity contribution >= 4 is 11.6 Å². The Bertz CT molecular complexity index is 728. The maximum atomic E-state index is 12.8.